The predicted molar refractivity (Wildman–Crippen MR) is 135 cm³/mol. The van der Waals surface area contributed by atoms with E-state index in [1.54, 1.807) is 0 Å². The fourth-order valence-electron chi connectivity index (χ4n) is 4.68. The van der Waals surface area contributed by atoms with Crippen LogP contribution in [0, 0.1) is 41.8 Å². The summed E-state index contributed by atoms with van der Waals surface area (Å²) in [4.78, 5) is 33.9. The van der Waals surface area contributed by atoms with Gasteiger partial charge in [-0.3, -0.25) is 14.3 Å². The van der Waals surface area contributed by atoms with Gasteiger partial charge in [0.05, 0.1) is 48.6 Å². The molecule has 0 aliphatic carbocycles. The van der Waals surface area contributed by atoms with Crippen LogP contribution in [0.15, 0.2) is 46.1 Å². The van der Waals surface area contributed by atoms with Crippen LogP contribution in [-0.2, 0) is 19.3 Å². The van der Waals surface area contributed by atoms with Crippen molar-refractivity contribution in [2.24, 2.45) is 0 Å². The first-order valence-corrected chi connectivity index (χ1v) is 12.2. The van der Waals surface area contributed by atoms with E-state index in [1.165, 1.54) is 13.0 Å². The molecule has 0 spiro atoms. The summed E-state index contributed by atoms with van der Waals surface area (Å²) >= 11 is 0. The largest absolute Gasteiger partial charge is 0.491 e. The lowest BCUT2D eigenvalue weighted by Gasteiger charge is -2.16. The first-order chi connectivity index (χ1) is 20.6. The number of methoxy groups -OCH3 is 1. The van der Waals surface area contributed by atoms with Crippen LogP contribution in [0.3, 0.4) is 0 Å². The minimum Gasteiger partial charge on any atom is -0.491 e. The number of hydrogen-bond donors (Lipinski definition) is 0. The first-order valence-electron chi connectivity index (χ1n) is 12.2. The minimum absolute atomic E-state index is 0.209. The molecule has 0 aliphatic heterocycles. The van der Waals surface area contributed by atoms with Gasteiger partial charge in [0.2, 0.25) is 11.6 Å². The lowest BCUT2D eigenvalue weighted by atomic mass is 10.1. The minimum atomic E-state index is -4.80. The van der Waals surface area contributed by atoms with Crippen molar-refractivity contribution in [2.75, 3.05) is 7.11 Å². The lowest BCUT2D eigenvalue weighted by Crippen LogP contribution is -2.25. The van der Waals surface area contributed by atoms with Crippen molar-refractivity contribution in [3.63, 3.8) is 0 Å². The molecule has 4 heterocycles. The topological polar surface area (TPSA) is 83.9 Å². The molecule has 5 rings (SSSR count). The maximum absolute atomic E-state index is 15.0. The third-order valence-corrected chi connectivity index (χ3v) is 6.71. The molecule has 0 aliphatic rings. The predicted octanol–water partition coefficient (Wildman–Crippen LogP) is 5.01. The van der Waals surface area contributed by atoms with E-state index in [4.69, 9.17) is 0 Å². The number of fused-ring (bicyclic) bond motifs is 1. The normalized spacial score (nSPS) is 11.9. The van der Waals surface area contributed by atoms with E-state index < -0.39 is 99.0 Å². The van der Waals surface area contributed by atoms with Crippen LogP contribution in [0.5, 0.6) is 5.75 Å². The Morgan fingerprint density at radius 1 is 0.909 bits per heavy atom. The second-order valence-electron chi connectivity index (χ2n) is 9.33. The highest BCUT2D eigenvalue weighted by Gasteiger charge is 2.33. The molecular formula is C27H16F9N5O3. The van der Waals surface area contributed by atoms with E-state index in [9.17, 15) is 49.1 Å². The Kier molecular flexibility index (Phi) is 7.51. The Morgan fingerprint density at radius 3 is 2.16 bits per heavy atom. The summed E-state index contributed by atoms with van der Waals surface area (Å²) in [6.45, 7) is -0.600. The van der Waals surface area contributed by atoms with Gasteiger partial charge in [-0.2, -0.15) is 26.6 Å². The molecule has 230 valence electrons. The summed E-state index contributed by atoms with van der Waals surface area (Å²) < 4.78 is 133. The first kappa shape index (κ1) is 30.4. The van der Waals surface area contributed by atoms with E-state index in [0.29, 0.717) is 27.7 Å². The molecule has 0 atom stereocenters. The fourth-order valence-corrected chi connectivity index (χ4v) is 4.68. The molecule has 0 fully saturated rings. The number of ether oxygens (including phenoxy) is 1. The lowest BCUT2D eigenvalue weighted by molar-refractivity contribution is -0.141. The van der Waals surface area contributed by atoms with E-state index in [0.717, 1.165) is 23.8 Å². The molecule has 0 amide bonds. The molecule has 0 saturated carbocycles. The Morgan fingerprint density at radius 2 is 1.57 bits per heavy atom. The number of halogens is 9. The molecule has 0 N–H and O–H groups in total. The average molecular weight is 629 g/mol. The van der Waals surface area contributed by atoms with Crippen molar-refractivity contribution in [3.05, 3.63) is 115 Å². The van der Waals surface area contributed by atoms with Crippen LogP contribution in [0.2, 0.25) is 0 Å². The highest BCUT2D eigenvalue weighted by Crippen LogP contribution is 2.31. The number of aromatic nitrogens is 5. The van der Waals surface area contributed by atoms with Crippen molar-refractivity contribution in [2.45, 2.75) is 26.2 Å². The van der Waals surface area contributed by atoms with Gasteiger partial charge in [0.25, 0.3) is 11.1 Å². The zero-order chi connectivity index (χ0) is 32.2. The van der Waals surface area contributed by atoms with Crippen LogP contribution in [0.1, 0.15) is 22.6 Å². The van der Waals surface area contributed by atoms with E-state index in [1.807, 2.05) is 0 Å². The van der Waals surface area contributed by atoms with Crippen LogP contribution in [0.25, 0.3) is 16.7 Å². The molecular weight excluding hydrogens is 613 g/mol. The van der Waals surface area contributed by atoms with E-state index >= 15 is 0 Å². The van der Waals surface area contributed by atoms with Crippen molar-refractivity contribution >= 4 is 10.9 Å². The molecule has 0 radical (unpaired) electrons. The molecule has 8 nitrogen and oxygen atoms in total. The summed E-state index contributed by atoms with van der Waals surface area (Å²) in [6, 6.07) is 4.00. The Bertz CT molecular complexity index is 2050. The molecule has 17 heteroatoms. The van der Waals surface area contributed by atoms with E-state index in [-0.39, 0.29) is 11.4 Å². The maximum Gasteiger partial charge on any atom is 0.433 e. The fraction of sp³-hybridized carbons (Fsp3) is 0.185. The van der Waals surface area contributed by atoms with Gasteiger partial charge in [0, 0.05) is 17.8 Å². The second kappa shape index (κ2) is 10.9. The number of aryl methyl sites for hydroxylation is 1. The third-order valence-electron chi connectivity index (χ3n) is 6.71. The molecule has 4 aromatic heterocycles. The van der Waals surface area contributed by atoms with Crippen LogP contribution in [-0.4, -0.2) is 31.0 Å². The second-order valence-corrected chi connectivity index (χ2v) is 9.33. The van der Waals surface area contributed by atoms with Crippen molar-refractivity contribution < 1.29 is 44.3 Å². The molecule has 0 unspecified atom stereocenters. The standard InChI is InChI=1S/C27H16F9N5O3/c1-11-19-16(7-18(42)39(11)9-13-4-3-5-17(38-13)27(34,35)36)40(41(26(19)43)25-15(29)6-12(28)8-37-25)10-14-20(30)22(32)24(44-2)23(33)21(14)31/h3-8H,9-10H2,1-2H3. The molecule has 0 saturated heterocycles. The third kappa shape index (κ3) is 4.97. The van der Waals surface area contributed by atoms with Gasteiger partial charge >= 0.3 is 6.18 Å². The zero-order valence-corrected chi connectivity index (χ0v) is 22.2. The number of alkyl halides is 3. The zero-order valence-electron chi connectivity index (χ0n) is 22.2. The number of pyridine rings is 3. The Labute approximate surface area is 239 Å². The van der Waals surface area contributed by atoms with Gasteiger partial charge in [-0.1, -0.05) is 6.07 Å². The molecule has 0 bridgehead atoms. The number of nitrogens with zero attached hydrogens (tertiary/aromatic N) is 5. The molecule has 1 aromatic carbocycles. The van der Waals surface area contributed by atoms with Gasteiger partial charge in [0.15, 0.2) is 29.0 Å². The number of benzene rings is 1. The van der Waals surface area contributed by atoms with Gasteiger partial charge in [0.1, 0.15) is 11.5 Å². The van der Waals surface area contributed by atoms with Gasteiger partial charge in [-0.15, -0.1) is 0 Å². The van der Waals surface area contributed by atoms with Crippen LogP contribution < -0.4 is 15.9 Å². The van der Waals surface area contributed by atoms with Crippen LogP contribution in [0.4, 0.5) is 39.5 Å². The van der Waals surface area contributed by atoms with Gasteiger partial charge in [-0.25, -0.2) is 27.5 Å². The summed E-state index contributed by atoms with van der Waals surface area (Å²) in [5.41, 5.74) is -5.58. The highest BCUT2D eigenvalue weighted by atomic mass is 19.4. The molecule has 5 aromatic rings. The van der Waals surface area contributed by atoms with Crippen molar-refractivity contribution in [1.29, 1.82) is 0 Å². The maximum atomic E-state index is 15.0. The van der Waals surface area contributed by atoms with Gasteiger partial charge in [-0.05, 0) is 19.1 Å². The average Bonchev–Trinajstić information content (AvgIpc) is 3.22. The van der Waals surface area contributed by atoms with Crippen molar-refractivity contribution in [3.8, 4) is 11.6 Å². The summed E-state index contributed by atoms with van der Waals surface area (Å²) in [5.74, 6) is -12.6. The Hall–Kier alpha value is -5.09. The summed E-state index contributed by atoms with van der Waals surface area (Å²) in [7, 11) is 0.753. The number of rotatable bonds is 6. The molecule has 44 heavy (non-hydrogen) atoms. The summed E-state index contributed by atoms with van der Waals surface area (Å²) in [6.07, 6.45) is -4.30. The van der Waals surface area contributed by atoms with Crippen LogP contribution >= 0.6 is 0 Å². The Balaban J connectivity index is 1.79. The monoisotopic (exact) mass is 629 g/mol. The van der Waals surface area contributed by atoms with E-state index in [2.05, 4.69) is 14.7 Å². The highest BCUT2D eigenvalue weighted by molar-refractivity contribution is 5.81. The van der Waals surface area contributed by atoms with Gasteiger partial charge < -0.3 is 9.30 Å². The summed E-state index contributed by atoms with van der Waals surface area (Å²) in [5, 5.41) is -0.419. The SMILES string of the molecule is COc1c(F)c(F)c(Cn2c3cc(=O)n(Cc4cccc(C(F)(F)F)n4)c(C)c3c(=O)n2-c2ncc(F)cc2F)c(F)c1F. The van der Waals surface area contributed by atoms with Crippen molar-refractivity contribution in [1.82, 2.24) is 23.9 Å². The smallest absolute Gasteiger partial charge is 0.433 e. The number of hydrogen-bond acceptors (Lipinski definition) is 5. The quantitative estimate of drug-likeness (QED) is 0.195.